The first kappa shape index (κ1) is 17.4. The molecule has 0 unspecified atom stereocenters. The van der Waals surface area contributed by atoms with Crippen LogP contribution in [0.1, 0.15) is 66.2 Å². The third-order valence-electron chi connectivity index (χ3n) is 2.91. The lowest BCUT2D eigenvalue weighted by Gasteiger charge is -2.08. The van der Waals surface area contributed by atoms with Crippen molar-refractivity contribution >= 4 is 5.91 Å². The fourth-order valence-corrected chi connectivity index (χ4v) is 1.81. The van der Waals surface area contributed by atoms with Crippen molar-refractivity contribution in [3.05, 3.63) is 0 Å². The largest absolute Gasteiger partial charge is 0.356 e. The quantitative estimate of drug-likeness (QED) is 0.558. The molecule has 0 aromatic rings. The van der Waals surface area contributed by atoms with Gasteiger partial charge in [-0.05, 0) is 25.3 Å². The van der Waals surface area contributed by atoms with E-state index >= 15 is 0 Å². The number of rotatable bonds is 11. The van der Waals surface area contributed by atoms with Crippen LogP contribution in [0.15, 0.2) is 0 Å². The molecule has 0 saturated heterocycles. The molecule has 0 aromatic heterocycles. The number of carbonyl (C=O) groups excluding carboxylic acids is 1. The van der Waals surface area contributed by atoms with Crippen molar-refractivity contribution in [1.29, 1.82) is 0 Å². The minimum absolute atomic E-state index is 0.199. The molecule has 1 amide bonds. The molecule has 0 heterocycles. The van der Waals surface area contributed by atoms with Crippen molar-refractivity contribution < 1.29 is 4.79 Å². The van der Waals surface area contributed by atoms with E-state index in [0.29, 0.717) is 12.5 Å². The van der Waals surface area contributed by atoms with Gasteiger partial charge in [0.2, 0.25) is 5.91 Å². The Morgan fingerprint density at radius 2 is 1.67 bits per heavy atom. The lowest BCUT2D eigenvalue weighted by Crippen LogP contribution is -2.27. The molecule has 0 aliphatic heterocycles. The van der Waals surface area contributed by atoms with Gasteiger partial charge < -0.3 is 10.6 Å². The average Bonchev–Trinajstić information content (AvgIpc) is 2.28. The Bertz CT molecular complexity index is 203. The predicted molar refractivity (Wildman–Crippen MR) is 78.7 cm³/mol. The Hall–Kier alpha value is -0.570. The fraction of sp³-hybridized carbons (Fsp3) is 0.933. The second-order valence-electron chi connectivity index (χ2n) is 5.81. The summed E-state index contributed by atoms with van der Waals surface area (Å²) in [6.45, 7) is 10.5. The number of nitrogens with one attached hydrogen (secondary N) is 2. The van der Waals surface area contributed by atoms with Gasteiger partial charge in [-0.25, -0.2) is 0 Å². The summed E-state index contributed by atoms with van der Waals surface area (Å²) in [5, 5.41) is 6.31. The number of carbonyl (C=O) groups is 1. The van der Waals surface area contributed by atoms with Crippen LogP contribution in [0.5, 0.6) is 0 Å². The normalized spacial score (nSPS) is 11.2. The van der Waals surface area contributed by atoms with E-state index in [1.54, 1.807) is 0 Å². The smallest absolute Gasteiger partial charge is 0.220 e. The molecule has 0 rings (SSSR count). The average molecular weight is 256 g/mol. The molecule has 0 spiro atoms. The van der Waals surface area contributed by atoms with Crippen LogP contribution in [-0.4, -0.2) is 25.0 Å². The summed E-state index contributed by atoms with van der Waals surface area (Å²) < 4.78 is 0. The molecule has 0 atom stereocenters. The standard InChI is InChI=1S/C15H32N2O/c1-13(2)9-6-5-7-11-17-15(18)10-8-12-16-14(3)4/h13-14,16H,5-12H2,1-4H3,(H,17,18). The predicted octanol–water partition coefficient (Wildman–Crippen LogP) is 3.10. The molecule has 0 aliphatic rings. The van der Waals surface area contributed by atoms with E-state index in [9.17, 15) is 4.79 Å². The van der Waals surface area contributed by atoms with Gasteiger partial charge in [0.05, 0.1) is 0 Å². The second-order valence-corrected chi connectivity index (χ2v) is 5.81. The van der Waals surface area contributed by atoms with Gasteiger partial charge in [0.15, 0.2) is 0 Å². The number of hydrogen-bond acceptors (Lipinski definition) is 2. The van der Waals surface area contributed by atoms with Crippen LogP contribution in [0.2, 0.25) is 0 Å². The molecule has 3 heteroatoms. The van der Waals surface area contributed by atoms with E-state index in [-0.39, 0.29) is 5.91 Å². The Morgan fingerprint density at radius 1 is 0.944 bits per heavy atom. The molecule has 0 aromatic carbocycles. The highest BCUT2D eigenvalue weighted by atomic mass is 16.1. The third-order valence-corrected chi connectivity index (χ3v) is 2.91. The summed E-state index contributed by atoms with van der Waals surface area (Å²) in [5.41, 5.74) is 0. The van der Waals surface area contributed by atoms with Crippen LogP contribution in [0.25, 0.3) is 0 Å². The maximum absolute atomic E-state index is 11.5. The second kappa shape index (κ2) is 11.5. The van der Waals surface area contributed by atoms with Crippen molar-refractivity contribution in [3.63, 3.8) is 0 Å². The minimum Gasteiger partial charge on any atom is -0.356 e. The zero-order valence-corrected chi connectivity index (χ0v) is 12.7. The molecule has 0 fully saturated rings. The SMILES string of the molecule is CC(C)CCCCCNC(=O)CCCNC(C)C. The van der Waals surface area contributed by atoms with Crippen LogP contribution in [0.4, 0.5) is 0 Å². The molecule has 108 valence electrons. The van der Waals surface area contributed by atoms with E-state index in [1.807, 2.05) is 0 Å². The minimum atomic E-state index is 0.199. The summed E-state index contributed by atoms with van der Waals surface area (Å²) in [4.78, 5) is 11.5. The van der Waals surface area contributed by atoms with Crippen LogP contribution >= 0.6 is 0 Å². The van der Waals surface area contributed by atoms with Gasteiger partial charge in [-0.1, -0.05) is 47.0 Å². The van der Waals surface area contributed by atoms with Gasteiger partial charge >= 0.3 is 0 Å². The van der Waals surface area contributed by atoms with E-state index < -0.39 is 0 Å². The Labute approximate surface area is 113 Å². The summed E-state index contributed by atoms with van der Waals surface area (Å²) in [6.07, 6.45) is 6.50. The highest BCUT2D eigenvalue weighted by Crippen LogP contribution is 2.07. The Balaban J connectivity index is 3.22. The van der Waals surface area contributed by atoms with Gasteiger partial charge in [-0.3, -0.25) is 4.79 Å². The third kappa shape index (κ3) is 13.5. The molecular formula is C15H32N2O. The highest BCUT2D eigenvalue weighted by Gasteiger charge is 2.01. The highest BCUT2D eigenvalue weighted by molar-refractivity contribution is 5.75. The van der Waals surface area contributed by atoms with Crippen LogP contribution in [0.3, 0.4) is 0 Å². The van der Waals surface area contributed by atoms with Crippen LogP contribution in [-0.2, 0) is 4.79 Å². The topological polar surface area (TPSA) is 41.1 Å². The van der Waals surface area contributed by atoms with E-state index in [0.717, 1.165) is 31.8 Å². The maximum atomic E-state index is 11.5. The first-order valence-corrected chi connectivity index (χ1v) is 7.52. The van der Waals surface area contributed by atoms with Crippen molar-refractivity contribution in [2.75, 3.05) is 13.1 Å². The zero-order chi connectivity index (χ0) is 13.8. The molecular weight excluding hydrogens is 224 g/mol. The molecule has 0 saturated carbocycles. The van der Waals surface area contributed by atoms with Gasteiger partial charge in [-0.15, -0.1) is 0 Å². The summed E-state index contributed by atoms with van der Waals surface area (Å²) >= 11 is 0. The summed E-state index contributed by atoms with van der Waals surface area (Å²) in [6, 6.07) is 0.508. The first-order valence-electron chi connectivity index (χ1n) is 7.52. The molecule has 0 aliphatic carbocycles. The van der Waals surface area contributed by atoms with Crippen molar-refractivity contribution in [2.45, 2.75) is 72.3 Å². The lowest BCUT2D eigenvalue weighted by atomic mass is 10.1. The van der Waals surface area contributed by atoms with Gasteiger partial charge in [0.25, 0.3) is 0 Å². The first-order chi connectivity index (χ1) is 8.52. The van der Waals surface area contributed by atoms with E-state index in [1.165, 1.54) is 19.3 Å². The van der Waals surface area contributed by atoms with Crippen molar-refractivity contribution in [2.24, 2.45) is 5.92 Å². The van der Waals surface area contributed by atoms with Gasteiger partial charge in [0.1, 0.15) is 0 Å². The van der Waals surface area contributed by atoms with E-state index in [2.05, 4.69) is 38.3 Å². The number of unbranched alkanes of at least 4 members (excludes halogenated alkanes) is 2. The van der Waals surface area contributed by atoms with Gasteiger partial charge in [-0.2, -0.15) is 0 Å². The Morgan fingerprint density at radius 3 is 2.28 bits per heavy atom. The molecule has 2 N–H and O–H groups in total. The monoisotopic (exact) mass is 256 g/mol. The van der Waals surface area contributed by atoms with Gasteiger partial charge in [0, 0.05) is 19.0 Å². The summed E-state index contributed by atoms with van der Waals surface area (Å²) in [5.74, 6) is 0.998. The zero-order valence-electron chi connectivity index (χ0n) is 12.7. The van der Waals surface area contributed by atoms with Crippen LogP contribution in [0, 0.1) is 5.92 Å². The summed E-state index contributed by atoms with van der Waals surface area (Å²) in [7, 11) is 0. The molecule has 3 nitrogen and oxygen atoms in total. The lowest BCUT2D eigenvalue weighted by molar-refractivity contribution is -0.121. The Kier molecular flexibility index (Phi) is 11.2. The van der Waals surface area contributed by atoms with Crippen molar-refractivity contribution in [3.8, 4) is 0 Å². The molecule has 0 radical (unpaired) electrons. The molecule has 0 bridgehead atoms. The molecule has 18 heavy (non-hydrogen) atoms. The number of amides is 1. The maximum Gasteiger partial charge on any atom is 0.220 e. The van der Waals surface area contributed by atoms with E-state index in [4.69, 9.17) is 0 Å². The fourth-order valence-electron chi connectivity index (χ4n) is 1.81. The number of hydrogen-bond donors (Lipinski definition) is 2. The van der Waals surface area contributed by atoms with Crippen molar-refractivity contribution in [1.82, 2.24) is 10.6 Å². The van der Waals surface area contributed by atoms with Crippen LogP contribution < -0.4 is 10.6 Å².